The predicted octanol–water partition coefficient (Wildman–Crippen LogP) is 2.54. The molecule has 0 atom stereocenters. The number of amides is 1. The molecule has 4 rings (SSSR count). The van der Waals surface area contributed by atoms with Crippen molar-refractivity contribution in [2.45, 2.75) is 59.0 Å². The molecule has 0 aromatic carbocycles. The lowest BCUT2D eigenvalue weighted by Crippen LogP contribution is -2.33. The van der Waals surface area contributed by atoms with Crippen LogP contribution in [0.4, 0.5) is 0 Å². The molecule has 0 unspecified atom stereocenters. The smallest absolute Gasteiger partial charge is 0.352 e. The summed E-state index contributed by atoms with van der Waals surface area (Å²) in [6.07, 6.45) is 7.79. The van der Waals surface area contributed by atoms with Gasteiger partial charge in [-0.05, 0) is 49.5 Å². The maximum atomic E-state index is 13.0. The molecule has 0 aliphatic heterocycles. The van der Waals surface area contributed by atoms with E-state index in [2.05, 4.69) is 16.5 Å². The van der Waals surface area contributed by atoms with Gasteiger partial charge in [-0.1, -0.05) is 25.5 Å². The van der Waals surface area contributed by atoms with E-state index in [0.29, 0.717) is 23.3 Å². The quantitative estimate of drug-likeness (QED) is 0.585. The monoisotopic (exact) mass is 429 g/mol. The molecule has 0 fully saturated rings. The van der Waals surface area contributed by atoms with Gasteiger partial charge < -0.3 is 5.32 Å². The molecule has 0 bridgehead atoms. The lowest BCUT2D eigenvalue weighted by atomic mass is 9.97. The van der Waals surface area contributed by atoms with E-state index in [-0.39, 0.29) is 29.7 Å². The molecule has 1 N–H and O–H groups in total. The number of thiophene rings is 1. The normalized spacial score (nSPS) is 14.6. The molecule has 9 heteroatoms. The van der Waals surface area contributed by atoms with Crippen molar-refractivity contribution in [3.8, 4) is 0 Å². The van der Waals surface area contributed by atoms with Crippen LogP contribution in [0, 0.1) is 5.92 Å². The molecule has 0 saturated heterocycles. The second-order valence-corrected chi connectivity index (χ2v) is 9.14. The standard InChI is InChI=1S/C21H27N5O3S/c1-14(2)12-24-19(28)18-16(9-11-30-18)26-20(24)23-25(21(26)29)13-17(27)22-10-8-15-6-4-3-5-7-15/h6,9,11,14H,3-5,7-8,10,12-13H2,1-2H3,(H,22,27). The Kier molecular flexibility index (Phi) is 5.90. The van der Waals surface area contributed by atoms with Crippen molar-refractivity contribution < 1.29 is 4.79 Å². The average Bonchev–Trinajstić information content (AvgIpc) is 3.31. The van der Waals surface area contributed by atoms with Crippen molar-refractivity contribution in [1.82, 2.24) is 24.1 Å². The van der Waals surface area contributed by atoms with Crippen molar-refractivity contribution in [3.05, 3.63) is 43.9 Å². The van der Waals surface area contributed by atoms with Gasteiger partial charge in [0.1, 0.15) is 11.2 Å². The minimum atomic E-state index is -0.406. The number of allylic oxidation sites excluding steroid dienone is 1. The van der Waals surface area contributed by atoms with Crippen LogP contribution in [-0.4, -0.2) is 31.2 Å². The van der Waals surface area contributed by atoms with Gasteiger partial charge in [-0.15, -0.1) is 16.4 Å². The Morgan fingerprint density at radius 1 is 1.30 bits per heavy atom. The summed E-state index contributed by atoms with van der Waals surface area (Å²) < 4.78 is 4.65. The zero-order valence-electron chi connectivity index (χ0n) is 17.4. The first kappa shape index (κ1) is 20.6. The van der Waals surface area contributed by atoms with Gasteiger partial charge in [0, 0.05) is 13.1 Å². The highest BCUT2D eigenvalue weighted by Gasteiger charge is 2.19. The van der Waals surface area contributed by atoms with Crippen LogP contribution in [-0.2, 0) is 17.9 Å². The lowest BCUT2D eigenvalue weighted by Gasteiger charge is -2.12. The molecule has 30 heavy (non-hydrogen) atoms. The van der Waals surface area contributed by atoms with Crippen LogP contribution < -0.4 is 16.6 Å². The SMILES string of the molecule is CC(C)Cn1c(=O)c2sccc2n2c(=O)n(CC(=O)NCCC3=CCCCC3)nc12. The number of nitrogens with zero attached hydrogens (tertiary/aromatic N) is 4. The van der Waals surface area contributed by atoms with Gasteiger partial charge in [0.15, 0.2) is 0 Å². The van der Waals surface area contributed by atoms with Crippen molar-refractivity contribution in [3.63, 3.8) is 0 Å². The number of fused-ring (bicyclic) bond motifs is 3. The summed E-state index contributed by atoms with van der Waals surface area (Å²) in [4.78, 5) is 38.3. The summed E-state index contributed by atoms with van der Waals surface area (Å²) in [5.74, 6) is 0.238. The summed E-state index contributed by atoms with van der Waals surface area (Å²) in [6.45, 7) is 4.85. The summed E-state index contributed by atoms with van der Waals surface area (Å²) in [7, 11) is 0. The molecule has 3 aromatic rings. The fourth-order valence-corrected chi connectivity index (χ4v) is 4.78. The molecule has 3 heterocycles. The van der Waals surface area contributed by atoms with Crippen LogP contribution in [0.1, 0.15) is 46.0 Å². The Hall–Kier alpha value is -2.68. The van der Waals surface area contributed by atoms with Gasteiger partial charge in [-0.2, -0.15) is 0 Å². The van der Waals surface area contributed by atoms with Gasteiger partial charge in [-0.3, -0.25) is 14.2 Å². The summed E-state index contributed by atoms with van der Waals surface area (Å²) in [5.41, 5.74) is 1.38. The highest BCUT2D eigenvalue weighted by atomic mass is 32.1. The van der Waals surface area contributed by atoms with Crippen LogP contribution in [0.2, 0.25) is 0 Å². The first-order chi connectivity index (χ1) is 14.5. The highest BCUT2D eigenvalue weighted by molar-refractivity contribution is 7.17. The van der Waals surface area contributed by atoms with E-state index in [0.717, 1.165) is 23.9 Å². The van der Waals surface area contributed by atoms with E-state index in [9.17, 15) is 14.4 Å². The zero-order valence-corrected chi connectivity index (χ0v) is 18.2. The van der Waals surface area contributed by atoms with Crippen LogP contribution in [0.25, 0.3) is 16.0 Å². The molecule has 3 aromatic heterocycles. The fourth-order valence-electron chi connectivity index (χ4n) is 3.95. The van der Waals surface area contributed by atoms with E-state index in [1.807, 2.05) is 13.8 Å². The zero-order chi connectivity index (χ0) is 21.3. The van der Waals surface area contributed by atoms with Gasteiger partial charge in [0.2, 0.25) is 11.7 Å². The average molecular weight is 430 g/mol. The highest BCUT2D eigenvalue weighted by Crippen LogP contribution is 2.19. The van der Waals surface area contributed by atoms with Crippen molar-refractivity contribution in [1.29, 1.82) is 0 Å². The molecule has 0 radical (unpaired) electrons. The molecular formula is C21H27N5O3S. The number of carbonyl (C=O) groups excluding carboxylic acids is 1. The number of hydrogen-bond acceptors (Lipinski definition) is 5. The van der Waals surface area contributed by atoms with E-state index in [1.54, 1.807) is 11.4 Å². The summed E-state index contributed by atoms with van der Waals surface area (Å²) in [6, 6.07) is 1.75. The van der Waals surface area contributed by atoms with Gasteiger partial charge in [0.05, 0.1) is 5.52 Å². The molecule has 1 aliphatic rings. The van der Waals surface area contributed by atoms with E-state index in [4.69, 9.17) is 0 Å². The Bertz CT molecular complexity index is 1230. The maximum Gasteiger partial charge on any atom is 0.352 e. The summed E-state index contributed by atoms with van der Waals surface area (Å²) >= 11 is 1.31. The maximum absolute atomic E-state index is 13.0. The lowest BCUT2D eigenvalue weighted by molar-refractivity contribution is -0.121. The minimum absolute atomic E-state index is 0.149. The second-order valence-electron chi connectivity index (χ2n) is 8.23. The number of aromatic nitrogens is 4. The third kappa shape index (κ3) is 3.98. The molecule has 1 amide bonds. The molecule has 0 saturated carbocycles. The fraction of sp³-hybridized carbons (Fsp3) is 0.524. The van der Waals surface area contributed by atoms with Crippen molar-refractivity contribution in [2.24, 2.45) is 5.92 Å². The Morgan fingerprint density at radius 3 is 2.87 bits per heavy atom. The molecule has 160 valence electrons. The van der Waals surface area contributed by atoms with Crippen LogP contribution in [0.3, 0.4) is 0 Å². The first-order valence-corrected chi connectivity index (χ1v) is 11.4. The largest absolute Gasteiger partial charge is 0.354 e. The Balaban J connectivity index is 1.59. The van der Waals surface area contributed by atoms with Gasteiger partial charge >= 0.3 is 5.69 Å². The number of nitrogens with one attached hydrogen (secondary N) is 1. The predicted molar refractivity (Wildman–Crippen MR) is 118 cm³/mol. The molecule has 8 nitrogen and oxygen atoms in total. The summed E-state index contributed by atoms with van der Waals surface area (Å²) in [5, 5.41) is 9.03. The minimum Gasteiger partial charge on any atom is -0.354 e. The second kappa shape index (κ2) is 8.59. The Morgan fingerprint density at radius 2 is 2.13 bits per heavy atom. The van der Waals surface area contributed by atoms with Gasteiger partial charge in [0.25, 0.3) is 5.56 Å². The molecular weight excluding hydrogens is 402 g/mol. The molecule has 1 aliphatic carbocycles. The van der Waals surface area contributed by atoms with E-state index >= 15 is 0 Å². The van der Waals surface area contributed by atoms with E-state index in [1.165, 1.54) is 38.7 Å². The van der Waals surface area contributed by atoms with Gasteiger partial charge in [-0.25, -0.2) is 13.9 Å². The number of hydrogen-bond donors (Lipinski definition) is 1. The Labute approximate surface area is 177 Å². The first-order valence-electron chi connectivity index (χ1n) is 10.5. The third-order valence-electron chi connectivity index (χ3n) is 5.38. The van der Waals surface area contributed by atoms with Crippen molar-refractivity contribution in [2.75, 3.05) is 6.54 Å². The van der Waals surface area contributed by atoms with Crippen LogP contribution >= 0.6 is 11.3 Å². The topological polar surface area (TPSA) is 90.4 Å². The molecule has 0 spiro atoms. The van der Waals surface area contributed by atoms with Crippen LogP contribution in [0.5, 0.6) is 0 Å². The van der Waals surface area contributed by atoms with Crippen LogP contribution in [0.15, 0.2) is 32.7 Å². The van der Waals surface area contributed by atoms with E-state index < -0.39 is 5.69 Å². The third-order valence-corrected chi connectivity index (χ3v) is 6.27. The van der Waals surface area contributed by atoms with Crippen molar-refractivity contribution >= 4 is 33.2 Å². The number of carbonyl (C=O) groups is 1. The number of rotatable bonds is 7.